The topological polar surface area (TPSA) is 78.0 Å². The zero-order chi connectivity index (χ0) is 16.6. The van der Waals surface area contributed by atoms with Crippen molar-refractivity contribution in [2.24, 2.45) is 7.05 Å². The minimum atomic E-state index is -0.104. The standard InChI is InChI=1S/C16H25N5O2/c1-10-11(8-18-21(10)5)14-12(6-7-22-14)17-9-13-19-15(20-23-13)16(2,3)4/h8,12,14,17H,6-7,9H2,1-5H3/t12-,14+/m0/s1. The van der Waals surface area contributed by atoms with Crippen molar-refractivity contribution in [3.05, 3.63) is 29.2 Å². The lowest BCUT2D eigenvalue weighted by molar-refractivity contribution is 0.0973. The smallest absolute Gasteiger partial charge is 0.240 e. The molecule has 2 aromatic rings. The van der Waals surface area contributed by atoms with Gasteiger partial charge in [-0.2, -0.15) is 10.1 Å². The number of ether oxygens (including phenoxy) is 1. The summed E-state index contributed by atoms with van der Waals surface area (Å²) in [5.74, 6) is 1.35. The molecule has 2 aromatic heterocycles. The Morgan fingerprint density at radius 2 is 2.17 bits per heavy atom. The average Bonchev–Trinajstić information content (AvgIpc) is 3.18. The van der Waals surface area contributed by atoms with E-state index in [2.05, 4.69) is 48.3 Å². The molecule has 0 amide bonds. The molecule has 7 nitrogen and oxygen atoms in total. The highest BCUT2D eigenvalue weighted by atomic mass is 16.5. The van der Waals surface area contributed by atoms with Crippen LogP contribution in [0.25, 0.3) is 0 Å². The number of hydrogen-bond donors (Lipinski definition) is 1. The van der Waals surface area contributed by atoms with E-state index in [1.807, 2.05) is 17.9 Å². The van der Waals surface area contributed by atoms with E-state index in [0.29, 0.717) is 12.4 Å². The van der Waals surface area contributed by atoms with Crippen LogP contribution < -0.4 is 5.32 Å². The molecule has 2 atom stereocenters. The van der Waals surface area contributed by atoms with Gasteiger partial charge in [0.2, 0.25) is 5.89 Å². The first-order valence-corrected chi connectivity index (χ1v) is 8.03. The summed E-state index contributed by atoms with van der Waals surface area (Å²) >= 11 is 0. The van der Waals surface area contributed by atoms with E-state index in [0.717, 1.165) is 30.1 Å². The molecule has 3 heterocycles. The minimum Gasteiger partial charge on any atom is -0.372 e. The van der Waals surface area contributed by atoms with Crippen molar-refractivity contribution in [3.63, 3.8) is 0 Å². The SMILES string of the molecule is Cc1c([C@H]2OCC[C@@H]2NCc2nc(C(C)(C)C)no2)cnn1C. The Balaban J connectivity index is 1.65. The van der Waals surface area contributed by atoms with Crippen LogP contribution in [0.1, 0.15) is 56.3 Å². The minimum absolute atomic E-state index is 0.0220. The van der Waals surface area contributed by atoms with E-state index in [4.69, 9.17) is 9.26 Å². The molecule has 1 N–H and O–H groups in total. The third-order valence-electron chi connectivity index (χ3n) is 4.33. The van der Waals surface area contributed by atoms with Crippen LogP contribution in [0.2, 0.25) is 0 Å². The summed E-state index contributed by atoms with van der Waals surface area (Å²) in [7, 11) is 1.95. The van der Waals surface area contributed by atoms with Crippen molar-refractivity contribution in [3.8, 4) is 0 Å². The van der Waals surface area contributed by atoms with E-state index in [9.17, 15) is 0 Å². The van der Waals surface area contributed by atoms with Crippen LogP contribution in [0.15, 0.2) is 10.7 Å². The van der Waals surface area contributed by atoms with Crippen LogP contribution in [0.4, 0.5) is 0 Å². The molecule has 0 bridgehead atoms. The summed E-state index contributed by atoms with van der Waals surface area (Å²) in [5.41, 5.74) is 2.17. The van der Waals surface area contributed by atoms with Gasteiger partial charge in [0, 0.05) is 36.4 Å². The molecule has 0 spiro atoms. The highest BCUT2D eigenvalue weighted by molar-refractivity contribution is 5.21. The third-order valence-corrected chi connectivity index (χ3v) is 4.33. The molecule has 0 radical (unpaired) electrons. The van der Waals surface area contributed by atoms with Gasteiger partial charge in [0.05, 0.1) is 12.7 Å². The van der Waals surface area contributed by atoms with Gasteiger partial charge in [0.15, 0.2) is 5.82 Å². The maximum atomic E-state index is 5.91. The van der Waals surface area contributed by atoms with Crippen LogP contribution in [0.3, 0.4) is 0 Å². The summed E-state index contributed by atoms with van der Waals surface area (Å²) in [6.45, 7) is 9.57. The molecule has 1 aliphatic heterocycles. The van der Waals surface area contributed by atoms with Crippen LogP contribution in [-0.4, -0.2) is 32.6 Å². The molecule has 1 saturated heterocycles. The van der Waals surface area contributed by atoms with E-state index in [1.165, 1.54) is 0 Å². The first-order valence-electron chi connectivity index (χ1n) is 8.03. The number of hydrogen-bond acceptors (Lipinski definition) is 6. The second kappa shape index (κ2) is 6.05. The molecule has 0 aliphatic carbocycles. The molecular formula is C16H25N5O2. The molecule has 0 aromatic carbocycles. The Labute approximate surface area is 136 Å². The van der Waals surface area contributed by atoms with Crippen molar-refractivity contribution in [2.75, 3.05) is 6.61 Å². The zero-order valence-corrected chi connectivity index (χ0v) is 14.5. The number of aryl methyl sites for hydroxylation is 1. The van der Waals surface area contributed by atoms with E-state index < -0.39 is 0 Å². The Morgan fingerprint density at radius 1 is 1.39 bits per heavy atom. The number of rotatable bonds is 4. The molecular weight excluding hydrogens is 294 g/mol. The van der Waals surface area contributed by atoms with Crippen molar-refractivity contribution in [2.45, 2.75) is 58.2 Å². The van der Waals surface area contributed by atoms with Gasteiger partial charge in [-0.3, -0.25) is 4.68 Å². The zero-order valence-electron chi connectivity index (χ0n) is 14.5. The second-order valence-corrected chi connectivity index (χ2v) is 7.14. The lowest BCUT2D eigenvalue weighted by Gasteiger charge is -2.19. The molecule has 0 unspecified atom stereocenters. The molecule has 1 aliphatic rings. The van der Waals surface area contributed by atoms with Gasteiger partial charge in [0.1, 0.15) is 6.10 Å². The van der Waals surface area contributed by atoms with Crippen LogP contribution in [0.5, 0.6) is 0 Å². The van der Waals surface area contributed by atoms with E-state index >= 15 is 0 Å². The van der Waals surface area contributed by atoms with Crippen LogP contribution in [0, 0.1) is 6.92 Å². The number of nitrogens with zero attached hydrogens (tertiary/aromatic N) is 4. The molecule has 23 heavy (non-hydrogen) atoms. The molecule has 7 heteroatoms. The van der Waals surface area contributed by atoms with Crippen molar-refractivity contribution < 1.29 is 9.26 Å². The summed E-state index contributed by atoms with van der Waals surface area (Å²) in [6, 6.07) is 0.225. The summed E-state index contributed by atoms with van der Waals surface area (Å²) in [5, 5.41) is 11.9. The molecule has 126 valence electrons. The maximum Gasteiger partial charge on any atom is 0.240 e. The van der Waals surface area contributed by atoms with Crippen LogP contribution >= 0.6 is 0 Å². The monoisotopic (exact) mass is 319 g/mol. The third kappa shape index (κ3) is 3.30. The van der Waals surface area contributed by atoms with Gasteiger partial charge in [0.25, 0.3) is 0 Å². The average molecular weight is 319 g/mol. The Kier molecular flexibility index (Phi) is 4.25. The van der Waals surface area contributed by atoms with Crippen molar-refractivity contribution in [1.82, 2.24) is 25.2 Å². The maximum absolute atomic E-state index is 5.91. The van der Waals surface area contributed by atoms with Gasteiger partial charge in [-0.25, -0.2) is 0 Å². The molecule has 1 fully saturated rings. The fraction of sp³-hybridized carbons (Fsp3) is 0.688. The normalized spacial score (nSPS) is 22.0. The lowest BCUT2D eigenvalue weighted by atomic mass is 9.96. The molecule has 3 rings (SSSR count). The summed E-state index contributed by atoms with van der Waals surface area (Å²) < 4.78 is 13.1. The predicted octanol–water partition coefficient (Wildman–Crippen LogP) is 2.03. The van der Waals surface area contributed by atoms with Crippen molar-refractivity contribution >= 4 is 0 Å². The summed E-state index contributed by atoms with van der Waals surface area (Å²) in [6.07, 6.45) is 2.87. The quantitative estimate of drug-likeness (QED) is 0.929. The van der Waals surface area contributed by atoms with Gasteiger partial charge >= 0.3 is 0 Å². The fourth-order valence-electron chi connectivity index (χ4n) is 2.75. The van der Waals surface area contributed by atoms with Gasteiger partial charge < -0.3 is 14.6 Å². The second-order valence-electron chi connectivity index (χ2n) is 7.14. The molecule has 0 saturated carbocycles. The highest BCUT2D eigenvalue weighted by Gasteiger charge is 2.32. The van der Waals surface area contributed by atoms with Gasteiger partial charge in [-0.15, -0.1) is 0 Å². The highest BCUT2D eigenvalue weighted by Crippen LogP contribution is 2.31. The van der Waals surface area contributed by atoms with E-state index in [1.54, 1.807) is 0 Å². The van der Waals surface area contributed by atoms with Gasteiger partial charge in [-0.05, 0) is 13.3 Å². The number of aromatic nitrogens is 4. The number of nitrogens with one attached hydrogen (secondary N) is 1. The van der Waals surface area contributed by atoms with Crippen LogP contribution in [-0.2, 0) is 23.7 Å². The Bertz CT molecular complexity index is 670. The summed E-state index contributed by atoms with van der Waals surface area (Å²) in [4.78, 5) is 4.46. The van der Waals surface area contributed by atoms with Crippen molar-refractivity contribution in [1.29, 1.82) is 0 Å². The first-order chi connectivity index (χ1) is 10.9. The first kappa shape index (κ1) is 16.1. The predicted molar refractivity (Wildman–Crippen MR) is 84.9 cm³/mol. The van der Waals surface area contributed by atoms with E-state index in [-0.39, 0.29) is 17.6 Å². The largest absolute Gasteiger partial charge is 0.372 e. The fourth-order valence-corrected chi connectivity index (χ4v) is 2.75. The Morgan fingerprint density at radius 3 is 2.78 bits per heavy atom. The lowest BCUT2D eigenvalue weighted by Crippen LogP contribution is -2.31. The Hall–Kier alpha value is -1.73. The van der Waals surface area contributed by atoms with Gasteiger partial charge in [-0.1, -0.05) is 25.9 Å².